The van der Waals surface area contributed by atoms with E-state index >= 15 is 0 Å². The van der Waals surface area contributed by atoms with Gasteiger partial charge in [-0.3, -0.25) is 9.78 Å². The number of nitrogens with zero attached hydrogens (tertiary/aromatic N) is 2. The van der Waals surface area contributed by atoms with Gasteiger partial charge >= 0.3 is 0 Å². The number of aromatic nitrogens is 1. The minimum absolute atomic E-state index is 0.0917. The van der Waals surface area contributed by atoms with Crippen LogP contribution >= 0.6 is 0 Å². The van der Waals surface area contributed by atoms with Crippen LogP contribution in [0.25, 0.3) is 11.3 Å². The van der Waals surface area contributed by atoms with Crippen LogP contribution in [0.1, 0.15) is 34.8 Å². The summed E-state index contributed by atoms with van der Waals surface area (Å²) < 4.78 is 26.7. The van der Waals surface area contributed by atoms with Crippen LogP contribution in [0.2, 0.25) is 0 Å². The molecule has 0 saturated carbocycles. The second kappa shape index (κ2) is 7.89. The van der Waals surface area contributed by atoms with Gasteiger partial charge in [-0.15, -0.1) is 0 Å². The van der Waals surface area contributed by atoms with Crippen LogP contribution < -0.4 is 0 Å². The Hall–Kier alpha value is -3.08. The van der Waals surface area contributed by atoms with Crippen molar-refractivity contribution in [3.05, 3.63) is 89.6 Å². The minimum atomic E-state index is -0.355. The van der Waals surface area contributed by atoms with E-state index in [2.05, 4.69) is 0 Å². The van der Waals surface area contributed by atoms with Gasteiger partial charge in [0.05, 0.1) is 5.69 Å². The number of carbonyl (C=O) groups excluding carboxylic acids is 1. The summed E-state index contributed by atoms with van der Waals surface area (Å²) in [5.41, 5.74) is 2.85. The summed E-state index contributed by atoms with van der Waals surface area (Å²) >= 11 is 0. The fourth-order valence-corrected chi connectivity index (χ4v) is 3.67. The van der Waals surface area contributed by atoms with Crippen LogP contribution in [-0.2, 0) is 0 Å². The number of rotatable bonds is 3. The van der Waals surface area contributed by atoms with Gasteiger partial charge in [-0.05, 0) is 61.4 Å². The zero-order valence-corrected chi connectivity index (χ0v) is 15.3. The zero-order valence-electron chi connectivity index (χ0n) is 15.3. The highest BCUT2D eigenvalue weighted by Gasteiger charge is 2.26. The zero-order chi connectivity index (χ0) is 19.5. The van der Waals surface area contributed by atoms with Gasteiger partial charge in [0.15, 0.2) is 0 Å². The summed E-state index contributed by atoms with van der Waals surface area (Å²) in [5.74, 6) is -0.623. The van der Waals surface area contributed by atoms with E-state index in [1.165, 1.54) is 36.4 Å². The molecule has 0 N–H and O–H groups in total. The number of amides is 1. The predicted molar refractivity (Wildman–Crippen MR) is 104 cm³/mol. The smallest absolute Gasteiger partial charge is 0.253 e. The first-order valence-corrected chi connectivity index (χ1v) is 9.38. The number of likely N-dealkylation sites (tertiary alicyclic amines) is 1. The topological polar surface area (TPSA) is 33.2 Å². The van der Waals surface area contributed by atoms with E-state index in [0.29, 0.717) is 18.7 Å². The molecule has 0 unspecified atom stereocenters. The number of pyridine rings is 1. The lowest BCUT2D eigenvalue weighted by Crippen LogP contribution is -2.39. The molecule has 0 spiro atoms. The number of carbonyl (C=O) groups is 1. The quantitative estimate of drug-likeness (QED) is 0.639. The van der Waals surface area contributed by atoms with Gasteiger partial charge in [-0.1, -0.05) is 18.2 Å². The lowest BCUT2D eigenvalue weighted by Gasteiger charge is -2.32. The molecule has 1 aliphatic rings. The van der Waals surface area contributed by atoms with E-state index in [1.54, 1.807) is 11.0 Å². The Bertz CT molecular complexity index is 988. The fourth-order valence-electron chi connectivity index (χ4n) is 3.67. The highest BCUT2D eigenvalue weighted by molar-refractivity contribution is 5.94. The highest BCUT2D eigenvalue weighted by atomic mass is 19.1. The Labute approximate surface area is 162 Å². The van der Waals surface area contributed by atoms with E-state index in [0.717, 1.165) is 29.8 Å². The van der Waals surface area contributed by atoms with Crippen LogP contribution in [0, 0.1) is 11.6 Å². The second-order valence-electron chi connectivity index (χ2n) is 7.06. The van der Waals surface area contributed by atoms with E-state index in [-0.39, 0.29) is 23.5 Å². The van der Waals surface area contributed by atoms with Gasteiger partial charge < -0.3 is 4.90 Å². The number of hydrogen-bond acceptors (Lipinski definition) is 2. The molecule has 4 rings (SSSR count). The van der Waals surface area contributed by atoms with Crippen LogP contribution in [-0.4, -0.2) is 28.9 Å². The van der Waals surface area contributed by atoms with Gasteiger partial charge in [-0.25, -0.2) is 8.78 Å². The Balaban J connectivity index is 1.54. The third kappa shape index (κ3) is 3.93. The predicted octanol–water partition coefficient (Wildman–Crippen LogP) is 5.05. The maximum absolute atomic E-state index is 13.5. The summed E-state index contributed by atoms with van der Waals surface area (Å²) in [7, 11) is 0. The van der Waals surface area contributed by atoms with Crippen molar-refractivity contribution in [2.45, 2.75) is 18.8 Å². The van der Waals surface area contributed by atoms with Crippen LogP contribution in [0.15, 0.2) is 66.7 Å². The second-order valence-corrected chi connectivity index (χ2v) is 7.06. The van der Waals surface area contributed by atoms with Crippen molar-refractivity contribution in [2.24, 2.45) is 0 Å². The largest absolute Gasteiger partial charge is 0.338 e. The van der Waals surface area contributed by atoms with Crippen molar-refractivity contribution in [3.63, 3.8) is 0 Å². The van der Waals surface area contributed by atoms with E-state index < -0.39 is 0 Å². The molecule has 1 aliphatic heterocycles. The third-order valence-corrected chi connectivity index (χ3v) is 5.11. The van der Waals surface area contributed by atoms with E-state index in [1.807, 2.05) is 24.3 Å². The number of hydrogen-bond donors (Lipinski definition) is 0. The molecule has 0 radical (unpaired) electrons. The van der Waals surface area contributed by atoms with Crippen molar-refractivity contribution in [2.75, 3.05) is 13.1 Å². The molecule has 2 heterocycles. The van der Waals surface area contributed by atoms with E-state index in [9.17, 15) is 13.6 Å². The normalized spacial score (nSPS) is 16.8. The molecule has 28 heavy (non-hydrogen) atoms. The number of piperidine rings is 1. The average molecular weight is 378 g/mol. The Morgan fingerprint density at radius 2 is 1.75 bits per heavy atom. The molecule has 1 amide bonds. The standard InChI is InChI=1S/C23H20F2N2O/c24-19-11-9-16(10-12-19)23(28)27-13-3-5-18(15-27)22-8-2-7-21(26-22)17-4-1-6-20(25)14-17/h1-2,4,6-12,14,18H,3,5,13,15H2/t18-/m1/s1. The highest BCUT2D eigenvalue weighted by Crippen LogP contribution is 2.28. The molecule has 1 aromatic heterocycles. The molecule has 2 aromatic carbocycles. The maximum Gasteiger partial charge on any atom is 0.253 e. The number of halogens is 2. The van der Waals surface area contributed by atoms with E-state index in [4.69, 9.17) is 4.98 Å². The van der Waals surface area contributed by atoms with Crippen molar-refractivity contribution in [3.8, 4) is 11.3 Å². The molecule has 0 bridgehead atoms. The van der Waals surface area contributed by atoms with Crippen molar-refractivity contribution < 1.29 is 13.6 Å². The molecule has 1 fully saturated rings. The third-order valence-electron chi connectivity index (χ3n) is 5.11. The first-order chi connectivity index (χ1) is 13.6. The summed E-state index contributed by atoms with van der Waals surface area (Å²) in [4.78, 5) is 19.3. The molecular formula is C23H20F2N2O. The lowest BCUT2D eigenvalue weighted by atomic mass is 9.93. The van der Waals surface area contributed by atoms with Gasteiger partial charge in [0, 0.05) is 35.8 Å². The van der Waals surface area contributed by atoms with Crippen LogP contribution in [0.5, 0.6) is 0 Å². The molecule has 1 saturated heterocycles. The summed E-state index contributed by atoms with van der Waals surface area (Å²) in [6, 6.07) is 17.8. The van der Waals surface area contributed by atoms with Crippen molar-refractivity contribution in [1.82, 2.24) is 9.88 Å². The molecule has 3 nitrogen and oxygen atoms in total. The van der Waals surface area contributed by atoms with Gasteiger partial charge in [-0.2, -0.15) is 0 Å². The fraction of sp³-hybridized carbons (Fsp3) is 0.217. The Kier molecular flexibility index (Phi) is 5.15. The van der Waals surface area contributed by atoms with Crippen LogP contribution in [0.3, 0.4) is 0 Å². The monoisotopic (exact) mass is 378 g/mol. The molecule has 5 heteroatoms. The molecule has 142 valence electrons. The first kappa shape index (κ1) is 18.3. The molecule has 1 atom stereocenters. The minimum Gasteiger partial charge on any atom is -0.338 e. The Morgan fingerprint density at radius 3 is 2.54 bits per heavy atom. The summed E-state index contributed by atoms with van der Waals surface area (Å²) in [6.45, 7) is 1.24. The first-order valence-electron chi connectivity index (χ1n) is 9.38. The molecule has 0 aliphatic carbocycles. The van der Waals surface area contributed by atoms with Crippen molar-refractivity contribution in [1.29, 1.82) is 0 Å². The maximum atomic E-state index is 13.5. The lowest BCUT2D eigenvalue weighted by molar-refractivity contribution is 0.0706. The van der Waals surface area contributed by atoms with Crippen LogP contribution in [0.4, 0.5) is 8.78 Å². The number of benzene rings is 2. The van der Waals surface area contributed by atoms with Gasteiger partial charge in [0.25, 0.3) is 5.91 Å². The SMILES string of the molecule is O=C(c1ccc(F)cc1)N1CCC[C@@H](c2cccc(-c3cccc(F)c3)n2)C1. The molecule has 3 aromatic rings. The van der Waals surface area contributed by atoms with Crippen molar-refractivity contribution >= 4 is 5.91 Å². The summed E-state index contributed by atoms with van der Waals surface area (Å²) in [5, 5.41) is 0. The summed E-state index contributed by atoms with van der Waals surface area (Å²) in [6.07, 6.45) is 1.82. The Morgan fingerprint density at radius 1 is 0.964 bits per heavy atom. The average Bonchev–Trinajstić information content (AvgIpc) is 2.74. The van der Waals surface area contributed by atoms with Gasteiger partial charge in [0.2, 0.25) is 0 Å². The van der Waals surface area contributed by atoms with Gasteiger partial charge in [0.1, 0.15) is 11.6 Å². The molecular weight excluding hydrogens is 358 g/mol.